The maximum Gasteiger partial charge on any atom is 1.00 e. The standard InChI is InChI=1S/C11H8N2O3S2.Na.H2O/c14-5-1-2-6-8(3-5)18-10(12-6)9-13-7(4-17-9)11(15)16;;/h1-3,7,14H,4H2,(H,15,16);;1H2/q;+1;/p-1. The van der Waals surface area contributed by atoms with Gasteiger partial charge >= 0.3 is 29.6 Å². The molecule has 1 aromatic carbocycles. The van der Waals surface area contributed by atoms with E-state index in [0.29, 0.717) is 15.8 Å². The van der Waals surface area contributed by atoms with Gasteiger partial charge in [-0.25, -0.2) is 4.98 Å². The van der Waals surface area contributed by atoms with Gasteiger partial charge in [-0.3, -0.25) is 4.99 Å². The number of carbonyl (C=O) groups excluding carboxylic acids is 1. The molecule has 0 spiro atoms. The SMILES string of the molecule is O.O=C([O-])C1CSC(c2nc3ccc(O)cc3s2)=N1.[Na+]. The first-order valence-electron chi connectivity index (χ1n) is 5.15. The second-order valence-electron chi connectivity index (χ2n) is 3.75. The van der Waals surface area contributed by atoms with Gasteiger partial charge in [-0.1, -0.05) is 0 Å². The summed E-state index contributed by atoms with van der Waals surface area (Å²) in [5.41, 5.74) is 0.771. The van der Waals surface area contributed by atoms with E-state index >= 15 is 0 Å². The number of aliphatic imine (C=N–C) groups is 1. The topological polar surface area (TPSA) is 117 Å². The molecule has 0 amide bonds. The number of fused-ring (bicyclic) bond motifs is 1. The minimum Gasteiger partial charge on any atom is -0.548 e. The zero-order chi connectivity index (χ0) is 12.7. The molecule has 20 heavy (non-hydrogen) atoms. The zero-order valence-electron chi connectivity index (χ0n) is 10.5. The molecule has 0 radical (unpaired) electrons. The van der Waals surface area contributed by atoms with E-state index in [4.69, 9.17) is 0 Å². The molecule has 1 aliphatic heterocycles. The molecule has 0 saturated carbocycles. The van der Waals surface area contributed by atoms with Crippen molar-refractivity contribution in [3.63, 3.8) is 0 Å². The molecule has 6 nitrogen and oxygen atoms in total. The van der Waals surface area contributed by atoms with Gasteiger partial charge in [-0.15, -0.1) is 23.1 Å². The van der Waals surface area contributed by atoms with Gasteiger partial charge in [0.25, 0.3) is 0 Å². The normalized spacial score (nSPS) is 17.2. The van der Waals surface area contributed by atoms with Crippen LogP contribution < -0.4 is 34.7 Å². The summed E-state index contributed by atoms with van der Waals surface area (Å²) in [7, 11) is 0. The van der Waals surface area contributed by atoms with Crippen molar-refractivity contribution >= 4 is 44.3 Å². The van der Waals surface area contributed by atoms with Crippen molar-refractivity contribution < 1.29 is 50.0 Å². The Morgan fingerprint density at radius 1 is 1.45 bits per heavy atom. The minimum absolute atomic E-state index is 0. The predicted molar refractivity (Wildman–Crippen MR) is 72.7 cm³/mol. The summed E-state index contributed by atoms with van der Waals surface area (Å²) in [6, 6.07) is 4.14. The van der Waals surface area contributed by atoms with Gasteiger partial charge in [0.2, 0.25) is 0 Å². The fraction of sp³-hybridized carbons (Fsp3) is 0.182. The summed E-state index contributed by atoms with van der Waals surface area (Å²) in [6.07, 6.45) is 0. The van der Waals surface area contributed by atoms with E-state index < -0.39 is 12.0 Å². The van der Waals surface area contributed by atoms with Crippen LogP contribution in [0.2, 0.25) is 0 Å². The summed E-state index contributed by atoms with van der Waals surface area (Å²) in [5, 5.41) is 21.4. The molecular formula is C11H9N2NaO4S2. The van der Waals surface area contributed by atoms with Gasteiger partial charge < -0.3 is 20.5 Å². The minimum atomic E-state index is -1.16. The first-order valence-corrected chi connectivity index (χ1v) is 6.95. The molecule has 100 valence electrons. The Labute approximate surface area is 144 Å². The molecule has 0 bridgehead atoms. The van der Waals surface area contributed by atoms with Crippen molar-refractivity contribution in [3.8, 4) is 5.75 Å². The summed E-state index contributed by atoms with van der Waals surface area (Å²) in [5.74, 6) is -0.582. The number of aromatic nitrogens is 1. The molecule has 0 fully saturated rings. The zero-order valence-corrected chi connectivity index (χ0v) is 14.1. The molecule has 1 atom stereocenters. The second-order valence-corrected chi connectivity index (χ2v) is 5.79. The van der Waals surface area contributed by atoms with Gasteiger partial charge in [0.15, 0.2) is 0 Å². The Bertz CT molecular complexity index is 673. The average Bonchev–Trinajstić information content (AvgIpc) is 2.93. The quantitative estimate of drug-likeness (QED) is 0.585. The Morgan fingerprint density at radius 3 is 2.85 bits per heavy atom. The molecule has 2 aromatic rings. The van der Waals surface area contributed by atoms with Crippen LogP contribution in [-0.4, -0.2) is 38.4 Å². The number of carboxylic acids is 1. The van der Waals surface area contributed by atoms with Crippen LogP contribution in [0.5, 0.6) is 5.75 Å². The first-order chi connectivity index (χ1) is 8.63. The number of rotatable bonds is 2. The van der Waals surface area contributed by atoms with Crippen molar-refractivity contribution in [1.82, 2.24) is 4.98 Å². The third-order valence-corrected chi connectivity index (χ3v) is 4.69. The van der Waals surface area contributed by atoms with Gasteiger partial charge in [0.1, 0.15) is 21.8 Å². The smallest absolute Gasteiger partial charge is 0.548 e. The molecular weight excluding hydrogens is 311 g/mol. The predicted octanol–water partition coefficient (Wildman–Crippen LogP) is -3.21. The van der Waals surface area contributed by atoms with Crippen molar-refractivity contribution in [2.75, 3.05) is 5.75 Å². The third-order valence-electron chi connectivity index (χ3n) is 2.48. The van der Waals surface area contributed by atoms with E-state index in [1.54, 1.807) is 18.2 Å². The van der Waals surface area contributed by atoms with Crippen molar-refractivity contribution in [1.29, 1.82) is 0 Å². The molecule has 1 unspecified atom stereocenters. The van der Waals surface area contributed by atoms with E-state index in [9.17, 15) is 15.0 Å². The number of phenols is 1. The number of thioether (sulfide) groups is 1. The molecule has 3 rings (SSSR count). The van der Waals surface area contributed by atoms with Crippen LogP contribution in [0.25, 0.3) is 10.2 Å². The number of phenolic OH excluding ortho intramolecular Hbond substituents is 1. The molecule has 1 aliphatic rings. The van der Waals surface area contributed by atoms with Crippen molar-refractivity contribution in [2.24, 2.45) is 4.99 Å². The number of aliphatic carboxylic acids is 1. The molecule has 1 aromatic heterocycles. The molecule has 0 aliphatic carbocycles. The number of benzene rings is 1. The van der Waals surface area contributed by atoms with E-state index in [2.05, 4.69) is 9.98 Å². The van der Waals surface area contributed by atoms with E-state index in [1.807, 2.05) is 0 Å². The number of carbonyl (C=O) groups is 1. The summed E-state index contributed by atoms with van der Waals surface area (Å²) < 4.78 is 0.852. The van der Waals surface area contributed by atoms with Crippen LogP contribution in [0.1, 0.15) is 5.01 Å². The third kappa shape index (κ3) is 3.33. The van der Waals surface area contributed by atoms with Gasteiger partial charge in [-0.05, 0) is 18.2 Å². The molecule has 2 heterocycles. The second kappa shape index (κ2) is 6.88. The summed E-state index contributed by atoms with van der Waals surface area (Å²) in [4.78, 5) is 19.2. The van der Waals surface area contributed by atoms with Crippen LogP contribution in [0.15, 0.2) is 23.2 Å². The summed E-state index contributed by atoms with van der Waals surface area (Å²) in [6.45, 7) is 0. The Morgan fingerprint density at radius 2 is 2.20 bits per heavy atom. The Kier molecular flexibility index (Phi) is 5.99. The maximum absolute atomic E-state index is 10.7. The van der Waals surface area contributed by atoms with Gasteiger partial charge in [0, 0.05) is 5.75 Å². The van der Waals surface area contributed by atoms with Crippen LogP contribution in [0, 0.1) is 0 Å². The number of hydrogen-bond donors (Lipinski definition) is 1. The number of carboxylic acid groups (broad SMARTS) is 1. The fourth-order valence-electron chi connectivity index (χ4n) is 1.62. The number of nitrogens with zero attached hydrogens (tertiary/aromatic N) is 2. The Hall–Kier alpha value is -0.640. The van der Waals surface area contributed by atoms with Crippen LogP contribution in [0.3, 0.4) is 0 Å². The number of hydrogen-bond acceptors (Lipinski definition) is 7. The Balaban J connectivity index is 0.000001000. The van der Waals surface area contributed by atoms with Crippen LogP contribution >= 0.6 is 23.1 Å². The first kappa shape index (κ1) is 17.4. The van der Waals surface area contributed by atoms with Gasteiger partial charge in [-0.2, -0.15) is 0 Å². The van der Waals surface area contributed by atoms with Gasteiger partial charge in [0.05, 0.1) is 16.2 Å². The molecule has 9 heteroatoms. The monoisotopic (exact) mass is 320 g/mol. The average molecular weight is 320 g/mol. The number of aromatic hydroxyl groups is 1. The van der Waals surface area contributed by atoms with Crippen molar-refractivity contribution in [3.05, 3.63) is 23.2 Å². The van der Waals surface area contributed by atoms with Crippen molar-refractivity contribution in [2.45, 2.75) is 6.04 Å². The molecule has 3 N–H and O–H groups in total. The maximum atomic E-state index is 10.7. The van der Waals surface area contributed by atoms with E-state index in [0.717, 1.165) is 10.2 Å². The van der Waals surface area contributed by atoms with Crippen LogP contribution in [-0.2, 0) is 4.79 Å². The van der Waals surface area contributed by atoms with Crippen LogP contribution in [0.4, 0.5) is 0 Å². The fourth-order valence-corrected chi connectivity index (χ4v) is 3.71. The molecule has 0 saturated heterocycles. The van der Waals surface area contributed by atoms with E-state index in [-0.39, 0.29) is 40.8 Å². The largest absolute Gasteiger partial charge is 1.00 e. The number of thiazole rings is 1. The summed E-state index contributed by atoms with van der Waals surface area (Å²) >= 11 is 2.75. The van der Waals surface area contributed by atoms with E-state index in [1.165, 1.54) is 23.1 Å².